The van der Waals surface area contributed by atoms with Crippen molar-refractivity contribution in [3.63, 3.8) is 0 Å². The lowest BCUT2D eigenvalue weighted by atomic mass is 9.92. The number of amides is 1. The van der Waals surface area contributed by atoms with Crippen LogP contribution in [0.5, 0.6) is 0 Å². The summed E-state index contributed by atoms with van der Waals surface area (Å²) in [6.45, 7) is 6.00. The van der Waals surface area contributed by atoms with E-state index < -0.39 is 5.54 Å². The number of nitrogens with two attached hydrogens (primary N) is 1. The number of hydrogen-bond acceptors (Lipinski definition) is 2. The summed E-state index contributed by atoms with van der Waals surface area (Å²) in [5.41, 5.74) is 6.18. The van der Waals surface area contributed by atoms with Gasteiger partial charge in [-0.1, -0.05) is 19.9 Å². The van der Waals surface area contributed by atoms with Crippen molar-refractivity contribution in [2.75, 3.05) is 6.54 Å². The van der Waals surface area contributed by atoms with Crippen LogP contribution < -0.4 is 11.1 Å². The van der Waals surface area contributed by atoms with E-state index >= 15 is 0 Å². The van der Waals surface area contributed by atoms with Crippen molar-refractivity contribution < 1.29 is 9.18 Å². The molecule has 0 fully saturated rings. The van der Waals surface area contributed by atoms with Gasteiger partial charge in [-0.2, -0.15) is 0 Å². The lowest BCUT2D eigenvalue weighted by Crippen LogP contribution is -2.52. The van der Waals surface area contributed by atoms with Gasteiger partial charge in [0.25, 0.3) is 5.91 Å². The van der Waals surface area contributed by atoms with Crippen LogP contribution in [0, 0.1) is 12.7 Å². The average Bonchev–Trinajstić information content (AvgIpc) is 2.39. The molecule has 0 aliphatic rings. The van der Waals surface area contributed by atoms with Crippen LogP contribution in [-0.2, 0) is 0 Å². The van der Waals surface area contributed by atoms with Gasteiger partial charge in [-0.3, -0.25) is 4.79 Å². The summed E-state index contributed by atoms with van der Waals surface area (Å²) in [6, 6.07) is 4.49. The number of nitrogens with one attached hydrogen (secondary N) is 1. The fourth-order valence-corrected chi connectivity index (χ4v) is 1.81. The molecule has 19 heavy (non-hydrogen) atoms. The summed E-state index contributed by atoms with van der Waals surface area (Å²) in [5.74, 6) is -0.642. The lowest BCUT2D eigenvalue weighted by molar-refractivity contribution is 0.0895. The van der Waals surface area contributed by atoms with E-state index in [0.29, 0.717) is 17.7 Å². The highest BCUT2D eigenvalue weighted by molar-refractivity contribution is 5.94. The summed E-state index contributed by atoms with van der Waals surface area (Å²) >= 11 is 0. The molecule has 3 N–H and O–H groups in total. The lowest BCUT2D eigenvalue weighted by Gasteiger charge is -2.31. The predicted molar refractivity (Wildman–Crippen MR) is 78.2 cm³/mol. The maximum absolute atomic E-state index is 13.4. The molecule has 0 saturated carbocycles. The molecule has 0 aliphatic carbocycles. The van der Waals surface area contributed by atoms with E-state index in [9.17, 15) is 9.18 Å². The number of halogens is 2. The van der Waals surface area contributed by atoms with Gasteiger partial charge in [0.2, 0.25) is 0 Å². The summed E-state index contributed by atoms with van der Waals surface area (Å²) < 4.78 is 13.4. The van der Waals surface area contributed by atoms with Gasteiger partial charge in [-0.15, -0.1) is 12.4 Å². The molecular formula is C14H22ClFN2O. The van der Waals surface area contributed by atoms with Crippen molar-refractivity contribution in [1.29, 1.82) is 0 Å². The molecule has 0 bridgehead atoms. The molecule has 1 aromatic rings. The summed E-state index contributed by atoms with van der Waals surface area (Å²) in [7, 11) is 0. The molecular weight excluding hydrogens is 267 g/mol. The topological polar surface area (TPSA) is 55.1 Å². The maximum Gasteiger partial charge on any atom is 0.251 e. The Morgan fingerprint density at radius 1 is 1.37 bits per heavy atom. The Labute approximate surface area is 120 Å². The van der Waals surface area contributed by atoms with Crippen LogP contribution >= 0.6 is 12.4 Å². The summed E-state index contributed by atoms with van der Waals surface area (Å²) in [6.07, 6.45) is 1.50. The molecule has 1 aromatic carbocycles. The second-order valence-electron chi connectivity index (χ2n) is 4.61. The van der Waals surface area contributed by atoms with E-state index in [1.807, 2.05) is 13.8 Å². The maximum atomic E-state index is 13.4. The van der Waals surface area contributed by atoms with Crippen LogP contribution in [0.15, 0.2) is 18.2 Å². The van der Waals surface area contributed by atoms with Gasteiger partial charge >= 0.3 is 0 Å². The van der Waals surface area contributed by atoms with Crippen LogP contribution in [0.1, 0.15) is 42.6 Å². The fourth-order valence-electron chi connectivity index (χ4n) is 1.81. The van der Waals surface area contributed by atoms with E-state index in [1.54, 1.807) is 19.1 Å². The first-order chi connectivity index (χ1) is 8.48. The Morgan fingerprint density at radius 3 is 2.37 bits per heavy atom. The van der Waals surface area contributed by atoms with Gasteiger partial charge in [-0.05, 0) is 37.5 Å². The molecule has 3 nitrogen and oxygen atoms in total. The Morgan fingerprint density at radius 2 is 1.95 bits per heavy atom. The molecule has 0 aliphatic heterocycles. The quantitative estimate of drug-likeness (QED) is 0.875. The zero-order chi connectivity index (χ0) is 13.8. The molecule has 5 heteroatoms. The van der Waals surface area contributed by atoms with Gasteiger partial charge in [-0.25, -0.2) is 4.39 Å². The number of hydrogen-bond donors (Lipinski definition) is 2. The highest BCUT2D eigenvalue weighted by atomic mass is 35.5. The van der Waals surface area contributed by atoms with E-state index in [0.717, 1.165) is 12.8 Å². The molecule has 1 rings (SSSR count). The molecule has 0 spiro atoms. The minimum atomic E-state index is -0.404. The first kappa shape index (κ1) is 17.9. The predicted octanol–water partition coefficient (Wildman–Crippen LogP) is 2.80. The normalized spacial score (nSPS) is 10.8. The van der Waals surface area contributed by atoms with Crippen LogP contribution in [0.2, 0.25) is 0 Å². The molecule has 0 aromatic heterocycles. The number of benzene rings is 1. The smallest absolute Gasteiger partial charge is 0.251 e. The zero-order valence-electron chi connectivity index (χ0n) is 11.6. The Hall–Kier alpha value is -1.13. The van der Waals surface area contributed by atoms with Crippen LogP contribution in [0.3, 0.4) is 0 Å². The number of carbonyl (C=O) groups excluding carboxylic acids is 1. The second-order valence-corrected chi connectivity index (χ2v) is 4.61. The number of aryl methyl sites for hydroxylation is 1. The van der Waals surface area contributed by atoms with Gasteiger partial charge in [0.05, 0.1) is 5.54 Å². The van der Waals surface area contributed by atoms with Crippen LogP contribution in [0.4, 0.5) is 4.39 Å². The standard InChI is InChI=1S/C14H21FN2O.ClH/c1-4-14(5-2,9-16)17-13(18)11-7-6-10(3)12(15)8-11;/h6-8H,4-5,9,16H2,1-3H3,(H,17,18);1H. The zero-order valence-corrected chi connectivity index (χ0v) is 12.4. The van der Waals surface area contributed by atoms with Gasteiger partial charge in [0, 0.05) is 12.1 Å². The van der Waals surface area contributed by atoms with E-state index in [4.69, 9.17) is 5.73 Å². The highest BCUT2D eigenvalue weighted by Gasteiger charge is 2.26. The van der Waals surface area contributed by atoms with Crippen molar-refractivity contribution in [3.05, 3.63) is 35.1 Å². The monoisotopic (exact) mass is 288 g/mol. The second kappa shape index (κ2) is 7.46. The summed E-state index contributed by atoms with van der Waals surface area (Å²) in [5, 5.41) is 2.91. The third kappa shape index (κ3) is 4.18. The summed E-state index contributed by atoms with van der Waals surface area (Å²) in [4.78, 5) is 12.1. The third-order valence-corrected chi connectivity index (χ3v) is 3.56. The van der Waals surface area contributed by atoms with Crippen molar-refractivity contribution in [1.82, 2.24) is 5.32 Å². The molecule has 0 radical (unpaired) electrons. The Balaban J connectivity index is 0.00000324. The third-order valence-electron chi connectivity index (χ3n) is 3.56. The molecule has 0 saturated heterocycles. The largest absolute Gasteiger partial charge is 0.345 e. The van der Waals surface area contributed by atoms with Crippen molar-refractivity contribution >= 4 is 18.3 Å². The molecule has 0 atom stereocenters. The average molecular weight is 289 g/mol. The first-order valence-corrected chi connectivity index (χ1v) is 6.26. The molecule has 0 unspecified atom stereocenters. The van der Waals surface area contributed by atoms with Crippen LogP contribution in [-0.4, -0.2) is 18.0 Å². The van der Waals surface area contributed by atoms with E-state index in [2.05, 4.69) is 5.32 Å². The Bertz CT molecular complexity index is 425. The van der Waals surface area contributed by atoms with Crippen molar-refractivity contribution in [2.24, 2.45) is 5.73 Å². The minimum Gasteiger partial charge on any atom is -0.345 e. The van der Waals surface area contributed by atoms with Crippen molar-refractivity contribution in [3.8, 4) is 0 Å². The SMILES string of the molecule is CCC(CC)(CN)NC(=O)c1ccc(C)c(F)c1.Cl. The van der Waals surface area contributed by atoms with Crippen molar-refractivity contribution in [2.45, 2.75) is 39.2 Å². The number of carbonyl (C=O) groups is 1. The Kier molecular flexibility index (Phi) is 7.01. The van der Waals surface area contributed by atoms with Gasteiger partial charge in [0.1, 0.15) is 5.82 Å². The van der Waals surface area contributed by atoms with Gasteiger partial charge in [0.15, 0.2) is 0 Å². The van der Waals surface area contributed by atoms with E-state index in [-0.39, 0.29) is 24.1 Å². The van der Waals surface area contributed by atoms with Crippen LogP contribution in [0.25, 0.3) is 0 Å². The molecule has 0 heterocycles. The van der Waals surface area contributed by atoms with Gasteiger partial charge < -0.3 is 11.1 Å². The fraction of sp³-hybridized carbons (Fsp3) is 0.500. The molecule has 108 valence electrons. The number of rotatable bonds is 5. The van der Waals surface area contributed by atoms with E-state index in [1.165, 1.54) is 6.07 Å². The highest BCUT2D eigenvalue weighted by Crippen LogP contribution is 2.15. The minimum absolute atomic E-state index is 0. The first-order valence-electron chi connectivity index (χ1n) is 6.26. The molecule has 1 amide bonds.